The predicted molar refractivity (Wildman–Crippen MR) is 92.6 cm³/mol. The Morgan fingerprint density at radius 1 is 0.727 bits per heavy atom. The Hall–Kier alpha value is -2.55. The zero-order valence-corrected chi connectivity index (χ0v) is 13.3. The molecule has 22 heavy (non-hydrogen) atoms. The molecule has 0 radical (unpaired) electrons. The third-order valence-electron chi connectivity index (χ3n) is 4.64. The Morgan fingerprint density at radius 3 is 1.86 bits per heavy atom. The summed E-state index contributed by atoms with van der Waals surface area (Å²) in [6.45, 7) is 4.11. The Kier molecular flexibility index (Phi) is 2.52. The minimum Gasteiger partial charge on any atom is -0.342 e. The third-order valence-corrected chi connectivity index (χ3v) is 4.64. The molecule has 110 valence electrons. The quantitative estimate of drug-likeness (QED) is 0.484. The van der Waals surface area contributed by atoms with E-state index in [1.54, 1.807) is 0 Å². The van der Waals surface area contributed by atoms with Gasteiger partial charge >= 0.3 is 0 Å². The molecule has 2 aromatic heterocycles. The maximum absolute atomic E-state index is 13.0. The molecule has 0 spiro atoms. The average molecular weight is 290 g/mol. The molecule has 0 aliphatic rings. The fourth-order valence-corrected chi connectivity index (χ4v) is 3.51. The van der Waals surface area contributed by atoms with Crippen LogP contribution in [0.4, 0.5) is 0 Å². The van der Waals surface area contributed by atoms with E-state index in [0.717, 1.165) is 38.4 Å². The van der Waals surface area contributed by atoms with Gasteiger partial charge in [0.2, 0.25) is 5.43 Å². The summed E-state index contributed by atoms with van der Waals surface area (Å²) >= 11 is 0. The Bertz CT molecular complexity index is 1130. The van der Waals surface area contributed by atoms with Gasteiger partial charge in [0.05, 0.1) is 16.6 Å². The van der Waals surface area contributed by atoms with E-state index in [-0.39, 0.29) is 5.43 Å². The number of hydrogen-bond acceptors (Lipinski definition) is 1. The average Bonchev–Trinajstić information content (AvgIpc) is 2.77. The van der Waals surface area contributed by atoms with Gasteiger partial charge in [-0.15, -0.1) is 0 Å². The van der Waals surface area contributed by atoms with Gasteiger partial charge in [-0.2, -0.15) is 0 Å². The maximum Gasteiger partial charge on any atom is 0.213 e. The number of rotatable bonds is 0. The van der Waals surface area contributed by atoms with Gasteiger partial charge in [-0.3, -0.25) is 4.79 Å². The summed E-state index contributed by atoms with van der Waals surface area (Å²) in [4.78, 5) is 13.0. The molecule has 4 rings (SSSR count). The highest BCUT2D eigenvalue weighted by atomic mass is 16.1. The van der Waals surface area contributed by atoms with Gasteiger partial charge in [0.15, 0.2) is 0 Å². The first-order valence-corrected chi connectivity index (χ1v) is 7.47. The van der Waals surface area contributed by atoms with Crippen LogP contribution in [0.15, 0.2) is 41.2 Å². The van der Waals surface area contributed by atoms with Crippen LogP contribution in [0.1, 0.15) is 11.1 Å². The number of fused-ring (bicyclic) bond motifs is 4. The molecule has 0 amide bonds. The summed E-state index contributed by atoms with van der Waals surface area (Å²) < 4.78 is 4.17. The number of aromatic nitrogens is 2. The summed E-state index contributed by atoms with van der Waals surface area (Å²) in [6.07, 6.45) is 0. The lowest BCUT2D eigenvalue weighted by Crippen LogP contribution is -2.11. The van der Waals surface area contributed by atoms with Crippen molar-refractivity contribution in [2.24, 2.45) is 14.1 Å². The summed E-state index contributed by atoms with van der Waals surface area (Å²) in [5.41, 5.74) is 6.30. The molecule has 0 fully saturated rings. The van der Waals surface area contributed by atoms with Crippen molar-refractivity contribution in [3.63, 3.8) is 0 Å². The van der Waals surface area contributed by atoms with Crippen molar-refractivity contribution < 1.29 is 0 Å². The van der Waals surface area contributed by atoms with E-state index < -0.39 is 0 Å². The van der Waals surface area contributed by atoms with Gasteiger partial charge < -0.3 is 9.13 Å². The van der Waals surface area contributed by atoms with Gasteiger partial charge in [0.1, 0.15) is 5.52 Å². The van der Waals surface area contributed by atoms with E-state index in [1.165, 1.54) is 5.56 Å². The largest absolute Gasteiger partial charge is 0.342 e. The lowest BCUT2D eigenvalue weighted by Gasteiger charge is -2.09. The zero-order valence-electron chi connectivity index (χ0n) is 13.3. The predicted octanol–water partition coefficient (Wildman–Crippen LogP) is 3.80. The normalized spacial score (nSPS) is 11.8. The number of benzene rings is 2. The Labute approximate surface area is 128 Å². The van der Waals surface area contributed by atoms with Crippen LogP contribution >= 0.6 is 0 Å². The van der Waals surface area contributed by atoms with Crippen LogP contribution in [0.5, 0.6) is 0 Å². The fourth-order valence-electron chi connectivity index (χ4n) is 3.51. The van der Waals surface area contributed by atoms with Gasteiger partial charge in [-0.1, -0.05) is 23.3 Å². The van der Waals surface area contributed by atoms with Crippen LogP contribution < -0.4 is 5.43 Å². The van der Waals surface area contributed by atoms with Crippen LogP contribution in [0.2, 0.25) is 0 Å². The SMILES string of the molecule is Cc1ccc2c(c1)c(=O)c1c(c3cc(C)ccc3n1C)n2C. The highest BCUT2D eigenvalue weighted by molar-refractivity contribution is 6.09. The van der Waals surface area contributed by atoms with Crippen molar-refractivity contribution in [3.8, 4) is 0 Å². The summed E-state index contributed by atoms with van der Waals surface area (Å²) in [7, 11) is 4.02. The van der Waals surface area contributed by atoms with Crippen LogP contribution in [-0.2, 0) is 14.1 Å². The first kappa shape index (κ1) is 13.1. The summed E-state index contributed by atoms with van der Waals surface area (Å²) in [6, 6.07) is 12.4. The molecule has 0 unspecified atom stereocenters. The highest BCUT2D eigenvalue weighted by Crippen LogP contribution is 2.29. The van der Waals surface area contributed by atoms with E-state index in [9.17, 15) is 4.79 Å². The standard InChI is InChI=1S/C19H18N2O/c1-11-5-7-15-13(9-11)17-18(21(15)4)19(22)14-10-12(2)6-8-16(14)20(17)3/h5-10H,1-4H3. The lowest BCUT2D eigenvalue weighted by atomic mass is 10.1. The molecule has 0 atom stereocenters. The minimum absolute atomic E-state index is 0.114. The van der Waals surface area contributed by atoms with E-state index in [4.69, 9.17) is 0 Å². The van der Waals surface area contributed by atoms with Crippen molar-refractivity contribution in [1.82, 2.24) is 9.13 Å². The third kappa shape index (κ3) is 1.54. The van der Waals surface area contributed by atoms with Crippen LogP contribution in [0.25, 0.3) is 32.8 Å². The van der Waals surface area contributed by atoms with Crippen molar-refractivity contribution in [2.45, 2.75) is 13.8 Å². The van der Waals surface area contributed by atoms with E-state index in [1.807, 2.05) is 37.7 Å². The van der Waals surface area contributed by atoms with Gasteiger partial charge in [0, 0.05) is 24.9 Å². The molecular weight excluding hydrogens is 272 g/mol. The first-order valence-electron chi connectivity index (χ1n) is 7.47. The molecule has 3 heteroatoms. The first-order chi connectivity index (χ1) is 10.5. The zero-order chi connectivity index (χ0) is 15.6. The molecule has 2 aromatic carbocycles. The lowest BCUT2D eigenvalue weighted by molar-refractivity contribution is 0.979. The summed E-state index contributed by atoms with van der Waals surface area (Å²) in [5.74, 6) is 0. The van der Waals surface area contributed by atoms with Crippen molar-refractivity contribution in [2.75, 3.05) is 0 Å². The molecule has 0 bridgehead atoms. The molecule has 4 aromatic rings. The van der Waals surface area contributed by atoms with Crippen molar-refractivity contribution in [3.05, 3.63) is 57.7 Å². The van der Waals surface area contributed by atoms with Crippen LogP contribution in [-0.4, -0.2) is 9.13 Å². The minimum atomic E-state index is 0.114. The van der Waals surface area contributed by atoms with Gasteiger partial charge in [-0.25, -0.2) is 0 Å². The smallest absolute Gasteiger partial charge is 0.213 e. The molecule has 0 aliphatic carbocycles. The Balaban J connectivity index is 2.41. The second kappa shape index (κ2) is 4.23. The molecule has 2 heterocycles. The molecule has 3 nitrogen and oxygen atoms in total. The number of nitrogens with zero attached hydrogens (tertiary/aromatic N) is 2. The van der Waals surface area contributed by atoms with Gasteiger partial charge in [0.25, 0.3) is 0 Å². The second-order valence-corrected chi connectivity index (χ2v) is 6.19. The van der Waals surface area contributed by atoms with Crippen molar-refractivity contribution in [1.29, 1.82) is 0 Å². The van der Waals surface area contributed by atoms with Crippen molar-refractivity contribution >= 4 is 32.8 Å². The molecule has 0 N–H and O–H groups in total. The number of pyridine rings is 1. The fraction of sp³-hybridized carbons (Fsp3) is 0.211. The second-order valence-electron chi connectivity index (χ2n) is 6.19. The van der Waals surface area contributed by atoms with E-state index >= 15 is 0 Å². The van der Waals surface area contributed by atoms with Crippen LogP contribution in [0, 0.1) is 13.8 Å². The number of hydrogen-bond donors (Lipinski definition) is 0. The Morgan fingerprint density at radius 2 is 1.23 bits per heavy atom. The molecule has 0 aliphatic heterocycles. The summed E-state index contributed by atoms with van der Waals surface area (Å²) in [5, 5.41) is 1.93. The number of aryl methyl sites for hydroxylation is 4. The molecular formula is C19H18N2O. The van der Waals surface area contributed by atoms with E-state index in [0.29, 0.717) is 0 Å². The monoisotopic (exact) mass is 290 g/mol. The maximum atomic E-state index is 13.0. The highest BCUT2D eigenvalue weighted by Gasteiger charge is 2.16. The topological polar surface area (TPSA) is 26.9 Å². The molecule has 0 saturated heterocycles. The van der Waals surface area contributed by atoms with Gasteiger partial charge in [-0.05, 0) is 38.1 Å². The van der Waals surface area contributed by atoms with Crippen LogP contribution in [0.3, 0.4) is 0 Å². The molecule has 0 saturated carbocycles. The van der Waals surface area contributed by atoms with E-state index in [2.05, 4.69) is 35.8 Å².